The third-order valence-corrected chi connectivity index (χ3v) is 10.8. The third kappa shape index (κ3) is 4.88. The van der Waals surface area contributed by atoms with Crippen LogP contribution in [0, 0.1) is 23.5 Å². The van der Waals surface area contributed by atoms with Crippen LogP contribution in [-0.2, 0) is 17.7 Å². The SMILES string of the molecule is COC1CN(C2CCC([C@@H](C)c3sc4c(c3C)C(=O)N(Cc3c(C)cc(I)[nH]c3=O)CC4)CC2)C1. The number of halogens is 1. The number of methoxy groups -OCH3 is 1. The van der Waals surface area contributed by atoms with E-state index in [1.165, 1.54) is 41.0 Å². The molecule has 2 aromatic rings. The number of nitrogens with one attached hydrogen (secondary N) is 1. The summed E-state index contributed by atoms with van der Waals surface area (Å²) in [4.78, 5) is 36.1. The lowest BCUT2D eigenvalue weighted by molar-refractivity contribution is -0.0600. The fourth-order valence-corrected chi connectivity index (χ4v) is 8.44. The number of hydrogen-bond acceptors (Lipinski definition) is 5. The highest BCUT2D eigenvalue weighted by atomic mass is 127. The minimum atomic E-state index is -0.0871. The fraction of sp³-hybridized carbons (Fsp3) is 0.630. The van der Waals surface area contributed by atoms with E-state index in [-0.39, 0.29) is 11.5 Å². The van der Waals surface area contributed by atoms with Gasteiger partial charge in [-0.15, -0.1) is 11.3 Å². The molecule has 0 bridgehead atoms. The summed E-state index contributed by atoms with van der Waals surface area (Å²) in [5.74, 6) is 1.26. The van der Waals surface area contributed by atoms with Gasteiger partial charge >= 0.3 is 0 Å². The van der Waals surface area contributed by atoms with Gasteiger partial charge in [-0.25, -0.2) is 0 Å². The maximum Gasteiger partial charge on any atom is 0.255 e. The number of aromatic nitrogens is 1. The molecule has 0 unspecified atom stereocenters. The first-order valence-corrected chi connectivity index (χ1v) is 14.7. The number of aryl methyl sites for hydroxylation is 1. The second-order valence-electron chi connectivity index (χ2n) is 10.6. The van der Waals surface area contributed by atoms with Crippen molar-refractivity contribution >= 4 is 39.8 Å². The number of rotatable bonds is 6. The number of carbonyl (C=O) groups is 1. The normalized spacial score (nSPS) is 24.4. The van der Waals surface area contributed by atoms with Gasteiger partial charge in [-0.2, -0.15) is 0 Å². The molecule has 6 nitrogen and oxygen atoms in total. The summed E-state index contributed by atoms with van der Waals surface area (Å²) in [5.41, 5.74) is 3.63. The van der Waals surface area contributed by atoms with Crippen LogP contribution in [0.4, 0.5) is 0 Å². The molecule has 190 valence electrons. The van der Waals surface area contributed by atoms with Gasteiger partial charge in [0.25, 0.3) is 11.5 Å². The van der Waals surface area contributed by atoms with E-state index in [4.69, 9.17) is 4.74 Å². The Hall–Kier alpha value is -1.23. The monoisotopic (exact) mass is 609 g/mol. The van der Waals surface area contributed by atoms with E-state index >= 15 is 0 Å². The number of fused-ring (bicyclic) bond motifs is 1. The van der Waals surface area contributed by atoms with Gasteiger partial charge in [0.1, 0.15) is 0 Å². The largest absolute Gasteiger partial charge is 0.379 e. The summed E-state index contributed by atoms with van der Waals surface area (Å²) in [5, 5.41) is 0. The van der Waals surface area contributed by atoms with Crippen molar-refractivity contribution in [3.63, 3.8) is 0 Å². The van der Waals surface area contributed by atoms with E-state index in [2.05, 4.69) is 46.3 Å². The second kappa shape index (κ2) is 10.3. The number of hydrogen-bond donors (Lipinski definition) is 1. The summed E-state index contributed by atoms with van der Waals surface area (Å²) >= 11 is 3.99. The molecule has 2 aliphatic heterocycles. The Kier molecular flexibility index (Phi) is 7.45. The van der Waals surface area contributed by atoms with Crippen LogP contribution in [0.5, 0.6) is 0 Å². The summed E-state index contributed by atoms with van der Waals surface area (Å²) in [7, 11) is 1.82. The van der Waals surface area contributed by atoms with Crippen molar-refractivity contribution in [2.45, 2.75) is 77.5 Å². The average molecular weight is 610 g/mol. The first kappa shape index (κ1) is 25.4. The number of nitrogens with zero attached hydrogens (tertiary/aromatic N) is 2. The molecule has 8 heteroatoms. The maximum absolute atomic E-state index is 13.6. The van der Waals surface area contributed by atoms with E-state index < -0.39 is 0 Å². The summed E-state index contributed by atoms with van der Waals surface area (Å²) < 4.78 is 6.28. The molecule has 3 aliphatic rings. The second-order valence-corrected chi connectivity index (χ2v) is 12.9. The van der Waals surface area contributed by atoms with Crippen LogP contribution in [0.15, 0.2) is 10.9 Å². The smallest absolute Gasteiger partial charge is 0.255 e. The Labute approximate surface area is 225 Å². The number of aromatic amines is 1. The minimum Gasteiger partial charge on any atom is -0.379 e. The zero-order valence-corrected chi connectivity index (χ0v) is 24.1. The predicted octanol–water partition coefficient (Wildman–Crippen LogP) is 4.85. The third-order valence-electron chi connectivity index (χ3n) is 8.63. The van der Waals surface area contributed by atoms with E-state index in [9.17, 15) is 9.59 Å². The molecule has 2 fully saturated rings. The Bertz CT molecular complexity index is 1160. The molecule has 1 saturated heterocycles. The molecule has 1 aliphatic carbocycles. The van der Waals surface area contributed by atoms with Crippen LogP contribution >= 0.6 is 33.9 Å². The fourth-order valence-electron chi connectivity index (χ4n) is 6.29. The molecule has 2 aromatic heterocycles. The van der Waals surface area contributed by atoms with Gasteiger partial charge in [-0.3, -0.25) is 14.5 Å². The molecule has 35 heavy (non-hydrogen) atoms. The lowest BCUT2D eigenvalue weighted by Gasteiger charge is -2.46. The number of thiophene rings is 1. The minimum absolute atomic E-state index is 0.0871. The van der Waals surface area contributed by atoms with Crippen LogP contribution in [-0.4, -0.2) is 59.6 Å². The van der Waals surface area contributed by atoms with Gasteiger partial charge in [0, 0.05) is 54.5 Å². The highest BCUT2D eigenvalue weighted by molar-refractivity contribution is 14.1. The number of likely N-dealkylation sites (tertiary alicyclic amines) is 1. The van der Waals surface area contributed by atoms with Gasteiger partial charge in [0.2, 0.25) is 0 Å². The van der Waals surface area contributed by atoms with Gasteiger partial charge < -0.3 is 14.6 Å². The molecule has 0 aromatic carbocycles. The average Bonchev–Trinajstić information content (AvgIpc) is 3.14. The van der Waals surface area contributed by atoms with Gasteiger partial charge in [-0.05, 0) is 91.2 Å². The quantitative estimate of drug-likeness (QED) is 0.376. The number of H-pyrrole nitrogens is 1. The molecule has 0 radical (unpaired) electrons. The molecule has 1 atom stereocenters. The van der Waals surface area contributed by atoms with Crippen molar-refractivity contribution < 1.29 is 9.53 Å². The number of ether oxygens (including phenoxy) is 1. The standard InChI is InChI=1S/C27H36IN3O3S/c1-15-11-23(28)29-26(32)21(15)14-30-10-9-22-24(27(30)33)17(3)25(35-22)16(2)18-5-7-19(8-6-18)31-12-20(13-31)34-4/h11,16,18-20H,5-10,12-14H2,1-4H3,(H,29,32)/t16-,18?,19?/m1/s1. The molecular formula is C27H36IN3O3S. The molecule has 1 amide bonds. The Morgan fingerprint density at radius 2 is 1.91 bits per heavy atom. The van der Waals surface area contributed by atoms with Crippen molar-refractivity contribution in [1.82, 2.24) is 14.8 Å². The number of pyridine rings is 1. The van der Waals surface area contributed by atoms with Crippen molar-refractivity contribution in [3.05, 3.63) is 52.1 Å². The first-order chi connectivity index (χ1) is 16.8. The number of carbonyl (C=O) groups excluding carboxylic acids is 1. The summed E-state index contributed by atoms with van der Waals surface area (Å²) in [6, 6.07) is 2.69. The van der Waals surface area contributed by atoms with Crippen LogP contribution in [0.2, 0.25) is 0 Å². The topological polar surface area (TPSA) is 65.6 Å². The zero-order chi connectivity index (χ0) is 24.9. The molecule has 1 N–H and O–H groups in total. The Morgan fingerprint density at radius 3 is 2.57 bits per heavy atom. The van der Waals surface area contributed by atoms with Crippen LogP contribution in [0.1, 0.15) is 75.3 Å². The Morgan fingerprint density at radius 1 is 1.20 bits per heavy atom. The van der Waals surface area contributed by atoms with E-state index in [0.717, 1.165) is 34.3 Å². The predicted molar refractivity (Wildman–Crippen MR) is 149 cm³/mol. The van der Waals surface area contributed by atoms with Crippen molar-refractivity contribution in [2.24, 2.45) is 5.92 Å². The van der Waals surface area contributed by atoms with Gasteiger partial charge in [0.05, 0.1) is 21.9 Å². The van der Waals surface area contributed by atoms with Gasteiger partial charge in [0.15, 0.2) is 0 Å². The first-order valence-electron chi connectivity index (χ1n) is 12.8. The highest BCUT2D eigenvalue weighted by Crippen LogP contribution is 2.44. The van der Waals surface area contributed by atoms with E-state index in [1.54, 1.807) is 0 Å². The maximum atomic E-state index is 13.6. The molecule has 5 rings (SSSR count). The lowest BCUT2D eigenvalue weighted by atomic mass is 9.76. The molecule has 4 heterocycles. The van der Waals surface area contributed by atoms with E-state index in [1.807, 2.05) is 36.3 Å². The van der Waals surface area contributed by atoms with Crippen LogP contribution in [0.3, 0.4) is 0 Å². The van der Waals surface area contributed by atoms with Crippen molar-refractivity contribution in [1.29, 1.82) is 0 Å². The lowest BCUT2D eigenvalue weighted by Crippen LogP contribution is -2.56. The summed E-state index contributed by atoms with van der Waals surface area (Å²) in [6.07, 6.45) is 6.37. The Balaban J connectivity index is 1.27. The zero-order valence-electron chi connectivity index (χ0n) is 21.2. The van der Waals surface area contributed by atoms with Crippen LogP contribution < -0.4 is 5.56 Å². The molecule has 0 spiro atoms. The van der Waals surface area contributed by atoms with Gasteiger partial charge in [-0.1, -0.05) is 6.92 Å². The molecule has 1 saturated carbocycles. The highest BCUT2D eigenvalue weighted by Gasteiger charge is 2.37. The van der Waals surface area contributed by atoms with Crippen molar-refractivity contribution in [2.75, 3.05) is 26.7 Å². The molecular weight excluding hydrogens is 573 g/mol. The van der Waals surface area contributed by atoms with E-state index in [0.29, 0.717) is 42.6 Å². The van der Waals surface area contributed by atoms with Crippen LogP contribution in [0.25, 0.3) is 0 Å². The number of amides is 1. The summed E-state index contributed by atoms with van der Waals surface area (Å²) in [6.45, 7) is 9.69. The van der Waals surface area contributed by atoms with Crippen molar-refractivity contribution in [3.8, 4) is 0 Å².